The number of benzene rings is 1. The van der Waals surface area contributed by atoms with Crippen LogP contribution in [0.1, 0.15) is 0 Å². The monoisotopic (exact) mass is 289 g/mol. The van der Waals surface area contributed by atoms with Crippen molar-refractivity contribution >= 4 is 17.4 Å². The van der Waals surface area contributed by atoms with Gasteiger partial charge in [0.1, 0.15) is 0 Å². The van der Waals surface area contributed by atoms with Gasteiger partial charge >= 0.3 is 6.03 Å². The van der Waals surface area contributed by atoms with Crippen LogP contribution in [0.4, 0.5) is 16.2 Å². The summed E-state index contributed by atoms with van der Waals surface area (Å²) in [6.45, 7) is 2.82. The van der Waals surface area contributed by atoms with Gasteiger partial charge in [-0.15, -0.1) is 0 Å². The molecular weight excluding hydrogens is 274 g/mol. The molecule has 1 saturated heterocycles. The first-order valence-corrected chi connectivity index (χ1v) is 6.50. The molecule has 0 saturated carbocycles. The molecule has 1 aromatic carbocycles. The van der Waals surface area contributed by atoms with Crippen LogP contribution in [-0.2, 0) is 0 Å². The summed E-state index contributed by atoms with van der Waals surface area (Å²) >= 11 is 0. The van der Waals surface area contributed by atoms with E-state index in [1.165, 1.54) is 24.3 Å². The fourth-order valence-electron chi connectivity index (χ4n) is 2.08. The molecule has 110 valence electrons. The molecule has 8 heteroatoms. The Morgan fingerprint density at radius 3 is 2.43 bits per heavy atom. The van der Waals surface area contributed by atoms with E-state index in [0.29, 0.717) is 38.4 Å². The van der Waals surface area contributed by atoms with Crippen LogP contribution in [0.3, 0.4) is 0 Å². The summed E-state index contributed by atoms with van der Waals surface area (Å²) in [4.78, 5) is 25.8. The topological polar surface area (TPSA) is 103 Å². The molecule has 1 fully saturated rings. The largest absolute Gasteiger partial charge is 0.322 e. The predicted molar refractivity (Wildman–Crippen MR) is 75.7 cm³/mol. The van der Waals surface area contributed by atoms with Gasteiger partial charge in [0.25, 0.3) is 5.69 Å². The molecule has 0 aromatic heterocycles. The first kappa shape index (κ1) is 14.7. The molecule has 21 heavy (non-hydrogen) atoms. The van der Waals surface area contributed by atoms with Crippen molar-refractivity contribution in [2.45, 2.75) is 0 Å². The molecule has 0 bridgehead atoms. The number of amides is 2. The molecule has 0 aliphatic carbocycles. The first-order chi connectivity index (χ1) is 10.1. The SMILES string of the molecule is N#CCN1CCN(C(=O)Nc2ccc([N+](=O)[O-])cc2)CC1. The summed E-state index contributed by atoms with van der Waals surface area (Å²) in [5.41, 5.74) is 0.503. The third kappa shape index (κ3) is 3.90. The van der Waals surface area contributed by atoms with E-state index in [-0.39, 0.29) is 11.7 Å². The molecule has 1 N–H and O–H groups in total. The molecule has 1 aliphatic heterocycles. The Morgan fingerprint density at radius 2 is 1.90 bits per heavy atom. The van der Waals surface area contributed by atoms with E-state index in [2.05, 4.69) is 11.4 Å². The fraction of sp³-hybridized carbons (Fsp3) is 0.385. The van der Waals surface area contributed by atoms with Gasteiger partial charge in [0, 0.05) is 44.0 Å². The third-order valence-electron chi connectivity index (χ3n) is 3.28. The summed E-state index contributed by atoms with van der Waals surface area (Å²) < 4.78 is 0. The van der Waals surface area contributed by atoms with E-state index < -0.39 is 4.92 Å². The van der Waals surface area contributed by atoms with Crippen LogP contribution in [-0.4, -0.2) is 53.5 Å². The van der Waals surface area contributed by atoms with Crippen molar-refractivity contribution in [3.63, 3.8) is 0 Å². The number of nitrogens with zero attached hydrogens (tertiary/aromatic N) is 4. The highest BCUT2D eigenvalue weighted by Crippen LogP contribution is 2.16. The van der Waals surface area contributed by atoms with Gasteiger partial charge < -0.3 is 10.2 Å². The first-order valence-electron chi connectivity index (χ1n) is 6.50. The maximum absolute atomic E-state index is 12.0. The Kier molecular flexibility index (Phi) is 4.68. The Hall–Kier alpha value is -2.66. The number of piperazine rings is 1. The lowest BCUT2D eigenvalue weighted by atomic mass is 10.3. The highest BCUT2D eigenvalue weighted by molar-refractivity contribution is 5.89. The van der Waals surface area contributed by atoms with Gasteiger partial charge in [0.05, 0.1) is 17.5 Å². The molecule has 0 atom stereocenters. The molecule has 0 radical (unpaired) electrons. The van der Waals surface area contributed by atoms with Crippen LogP contribution in [0.25, 0.3) is 0 Å². The second-order valence-electron chi connectivity index (χ2n) is 4.66. The average Bonchev–Trinajstić information content (AvgIpc) is 2.49. The van der Waals surface area contributed by atoms with Crippen molar-refractivity contribution in [1.82, 2.24) is 9.80 Å². The van der Waals surface area contributed by atoms with Gasteiger partial charge in [-0.2, -0.15) is 5.26 Å². The Bertz CT molecular complexity index is 558. The zero-order valence-corrected chi connectivity index (χ0v) is 11.4. The van der Waals surface area contributed by atoms with Crippen LogP contribution < -0.4 is 5.32 Å². The number of urea groups is 1. The van der Waals surface area contributed by atoms with Crippen molar-refractivity contribution in [1.29, 1.82) is 5.26 Å². The number of nitro groups is 1. The third-order valence-corrected chi connectivity index (χ3v) is 3.28. The van der Waals surface area contributed by atoms with Gasteiger partial charge in [-0.1, -0.05) is 0 Å². The Balaban J connectivity index is 1.87. The summed E-state index contributed by atoms with van der Waals surface area (Å²) in [6.07, 6.45) is 0. The zero-order chi connectivity index (χ0) is 15.2. The Morgan fingerprint density at radius 1 is 1.29 bits per heavy atom. The minimum absolute atomic E-state index is 0.0156. The highest BCUT2D eigenvalue weighted by atomic mass is 16.6. The van der Waals surface area contributed by atoms with Crippen LogP contribution in [0.2, 0.25) is 0 Å². The minimum Gasteiger partial charge on any atom is -0.322 e. The molecule has 8 nitrogen and oxygen atoms in total. The van der Waals surface area contributed by atoms with Gasteiger partial charge in [0.15, 0.2) is 0 Å². The van der Waals surface area contributed by atoms with Crippen molar-refractivity contribution in [3.05, 3.63) is 34.4 Å². The number of carbonyl (C=O) groups is 1. The molecule has 0 spiro atoms. The number of nitrogens with one attached hydrogen (secondary N) is 1. The van der Waals surface area contributed by atoms with Gasteiger partial charge in [0.2, 0.25) is 0 Å². The summed E-state index contributed by atoms with van der Waals surface area (Å²) in [7, 11) is 0. The highest BCUT2D eigenvalue weighted by Gasteiger charge is 2.20. The van der Waals surface area contributed by atoms with Gasteiger partial charge in [-0.3, -0.25) is 15.0 Å². The van der Waals surface area contributed by atoms with E-state index in [4.69, 9.17) is 5.26 Å². The second-order valence-corrected chi connectivity index (χ2v) is 4.66. The number of anilines is 1. The smallest absolute Gasteiger partial charge is 0.321 e. The molecule has 1 heterocycles. The maximum Gasteiger partial charge on any atom is 0.321 e. The minimum atomic E-state index is -0.486. The molecular formula is C13H15N5O3. The predicted octanol–water partition coefficient (Wildman–Crippen LogP) is 1.27. The lowest BCUT2D eigenvalue weighted by Gasteiger charge is -2.33. The molecule has 2 rings (SSSR count). The zero-order valence-electron chi connectivity index (χ0n) is 11.4. The van der Waals surface area contributed by atoms with Crippen LogP contribution in [0, 0.1) is 21.4 Å². The van der Waals surface area contributed by atoms with Crippen molar-refractivity contribution in [2.75, 3.05) is 38.0 Å². The average molecular weight is 289 g/mol. The summed E-state index contributed by atoms with van der Waals surface area (Å²) in [5, 5.41) is 21.9. The molecule has 1 aliphatic rings. The van der Waals surface area contributed by atoms with Crippen LogP contribution in [0.5, 0.6) is 0 Å². The van der Waals surface area contributed by atoms with E-state index in [9.17, 15) is 14.9 Å². The van der Waals surface area contributed by atoms with Crippen LogP contribution >= 0.6 is 0 Å². The number of carbonyl (C=O) groups excluding carboxylic acids is 1. The standard InChI is InChI=1S/C13H15N5O3/c14-5-6-16-7-9-17(10-8-16)13(19)15-11-1-3-12(4-2-11)18(20)21/h1-4H,6-10H2,(H,15,19). The van der Waals surface area contributed by atoms with Crippen molar-refractivity contribution in [3.8, 4) is 6.07 Å². The van der Waals surface area contributed by atoms with Crippen molar-refractivity contribution in [2.24, 2.45) is 0 Å². The number of nitriles is 1. The second kappa shape index (κ2) is 6.67. The quantitative estimate of drug-likeness (QED) is 0.513. The van der Waals surface area contributed by atoms with E-state index >= 15 is 0 Å². The van der Waals surface area contributed by atoms with E-state index in [0.717, 1.165) is 0 Å². The lowest BCUT2D eigenvalue weighted by molar-refractivity contribution is -0.384. The lowest BCUT2D eigenvalue weighted by Crippen LogP contribution is -2.49. The van der Waals surface area contributed by atoms with E-state index in [1.807, 2.05) is 4.90 Å². The number of non-ortho nitro benzene ring substituents is 1. The fourth-order valence-corrected chi connectivity index (χ4v) is 2.08. The summed E-state index contributed by atoms with van der Waals surface area (Å²) in [6, 6.07) is 7.55. The molecule has 0 unspecified atom stereocenters. The molecule has 2 amide bonds. The van der Waals surface area contributed by atoms with Crippen LogP contribution in [0.15, 0.2) is 24.3 Å². The van der Waals surface area contributed by atoms with Gasteiger partial charge in [-0.25, -0.2) is 4.79 Å². The maximum atomic E-state index is 12.0. The summed E-state index contributed by atoms with van der Waals surface area (Å²) in [5.74, 6) is 0. The molecule has 1 aromatic rings. The normalized spacial score (nSPS) is 15.3. The Labute approximate surface area is 121 Å². The number of nitro benzene ring substituents is 1. The van der Waals surface area contributed by atoms with E-state index in [1.54, 1.807) is 4.90 Å². The van der Waals surface area contributed by atoms with Gasteiger partial charge in [-0.05, 0) is 12.1 Å². The van der Waals surface area contributed by atoms with Crippen molar-refractivity contribution < 1.29 is 9.72 Å². The number of hydrogen-bond donors (Lipinski definition) is 1. The number of hydrogen-bond acceptors (Lipinski definition) is 5. The number of rotatable bonds is 3.